The molecule has 2 fully saturated rings. The van der Waals surface area contributed by atoms with Gasteiger partial charge < -0.3 is 10.2 Å². The van der Waals surface area contributed by atoms with Crippen LogP contribution in [-0.2, 0) is 0 Å². The molecular weight excluding hydrogens is 412 g/mol. The highest BCUT2D eigenvalue weighted by Gasteiger charge is 2.28. The van der Waals surface area contributed by atoms with Crippen LogP contribution in [0.1, 0.15) is 36.4 Å². The second-order valence-corrected chi connectivity index (χ2v) is 8.97. The van der Waals surface area contributed by atoms with E-state index in [2.05, 4.69) is 39.4 Å². The lowest BCUT2D eigenvalue weighted by atomic mass is 9.91. The van der Waals surface area contributed by atoms with Gasteiger partial charge in [0.15, 0.2) is 0 Å². The van der Waals surface area contributed by atoms with Crippen molar-refractivity contribution in [3.05, 3.63) is 100 Å². The summed E-state index contributed by atoms with van der Waals surface area (Å²) in [6, 6.07) is 26.3. The quantitative estimate of drug-likeness (QED) is 0.388. The first-order valence-corrected chi connectivity index (χ1v) is 11.8. The number of hydrogen-bond donors (Lipinski definition) is 1. The fraction of sp³-hybridized carbons (Fsp3) is 0.333. The molecule has 33 heavy (non-hydrogen) atoms. The monoisotopic (exact) mass is 442 g/mol. The number of nitrogens with one attached hydrogen (secondary N) is 1. The molecule has 6 heteroatoms. The molecular formula is C27H30N4O2. The molecule has 3 aromatic rings. The van der Waals surface area contributed by atoms with Crippen LogP contribution in [-0.4, -0.2) is 42.0 Å². The average Bonchev–Trinajstić information content (AvgIpc) is 2.83. The molecule has 5 rings (SSSR count). The fourth-order valence-corrected chi connectivity index (χ4v) is 4.90. The van der Waals surface area contributed by atoms with Crippen LogP contribution < -0.4 is 10.2 Å². The van der Waals surface area contributed by atoms with Crippen LogP contribution in [0.3, 0.4) is 0 Å². The van der Waals surface area contributed by atoms with Gasteiger partial charge in [0.1, 0.15) is 5.69 Å². The summed E-state index contributed by atoms with van der Waals surface area (Å²) in [6.45, 7) is 4.02. The summed E-state index contributed by atoms with van der Waals surface area (Å²) in [5.41, 5.74) is 3.83. The molecule has 1 aliphatic heterocycles. The largest absolute Gasteiger partial charge is 0.369 e. The van der Waals surface area contributed by atoms with Crippen molar-refractivity contribution >= 4 is 17.1 Å². The van der Waals surface area contributed by atoms with Crippen LogP contribution in [0.4, 0.5) is 17.1 Å². The van der Waals surface area contributed by atoms with Gasteiger partial charge in [0.2, 0.25) is 0 Å². The minimum atomic E-state index is -0.298. The van der Waals surface area contributed by atoms with Crippen LogP contribution in [0, 0.1) is 10.1 Å². The summed E-state index contributed by atoms with van der Waals surface area (Å²) < 4.78 is 0. The van der Waals surface area contributed by atoms with E-state index in [9.17, 15) is 10.1 Å². The smallest absolute Gasteiger partial charge is 0.292 e. The Morgan fingerprint density at radius 2 is 1.45 bits per heavy atom. The van der Waals surface area contributed by atoms with Crippen LogP contribution in [0.15, 0.2) is 78.9 Å². The summed E-state index contributed by atoms with van der Waals surface area (Å²) >= 11 is 0. The van der Waals surface area contributed by atoms with Gasteiger partial charge >= 0.3 is 0 Å². The highest BCUT2D eigenvalue weighted by atomic mass is 16.6. The van der Waals surface area contributed by atoms with Crippen LogP contribution in [0.5, 0.6) is 0 Å². The molecule has 0 bridgehead atoms. The first kappa shape index (κ1) is 21.5. The predicted octanol–water partition coefficient (Wildman–Crippen LogP) is 5.47. The van der Waals surface area contributed by atoms with Gasteiger partial charge in [-0.3, -0.25) is 15.0 Å². The third kappa shape index (κ3) is 4.71. The number of nitro groups is 1. The second kappa shape index (κ2) is 9.63. The highest BCUT2D eigenvalue weighted by molar-refractivity contribution is 5.70. The Labute approximate surface area is 195 Å². The predicted molar refractivity (Wildman–Crippen MR) is 133 cm³/mol. The first-order chi connectivity index (χ1) is 16.2. The maximum Gasteiger partial charge on any atom is 0.292 e. The molecule has 0 amide bonds. The normalized spacial score (nSPS) is 17.1. The lowest BCUT2D eigenvalue weighted by Crippen LogP contribution is -2.52. The van der Waals surface area contributed by atoms with Gasteiger partial charge in [0.25, 0.3) is 5.69 Å². The Morgan fingerprint density at radius 1 is 0.848 bits per heavy atom. The maximum atomic E-state index is 11.9. The number of benzene rings is 3. The lowest BCUT2D eigenvalue weighted by Gasteiger charge is -2.43. The molecule has 0 radical (unpaired) electrons. The van der Waals surface area contributed by atoms with E-state index < -0.39 is 0 Å². The maximum absolute atomic E-state index is 11.9. The summed E-state index contributed by atoms with van der Waals surface area (Å²) in [5.74, 6) is 0. The Morgan fingerprint density at radius 3 is 1.97 bits per heavy atom. The number of hydrogen-bond acceptors (Lipinski definition) is 5. The zero-order chi connectivity index (χ0) is 22.6. The molecule has 0 spiro atoms. The van der Waals surface area contributed by atoms with E-state index in [1.165, 1.54) is 19.3 Å². The third-order valence-electron chi connectivity index (χ3n) is 7.01. The van der Waals surface area contributed by atoms with E-state index in [1.54, 1.807) is 6.07 Å². The molecule has 0 atom stereocenters. The highest BCUT2D eigenvalue weighted by Crippen LogP contribution is 2.35. The number of anilines is 2. The van der Waals surface area contributed by atoms with E-state index >= 15 is 0 Å². The molecule has 170 valence electrons. The molecule has 6 nitrogen and oxygen atoms in total. The Kier molecular flexibility index (Phi) is 6.26. The van der Waals surface area contributed by atoms with Gasteiger partial charge in [-0.15, -0.1) is 0 Å². The topological polar surface area (TPSA) is 61.7 Å². The molecule has 1 N–H and O–H groups in total. The summed E-state index contributed by atoms with van der Waals surface area (Å²) in [4.78, 5) is 16.5. The molecule has 1 heterocycles. The summed E-state index contributed by atoms with van der Waals surface area (Å²) in [6.07, 6.45) is 4.00. The van der Waals surface area contributed by atoms with E-state index in [-0.39, 0.29) is 16.7 Å². The van der Waals surface area contributed by atoms with Crippen LogP contribution in [0.2, 0.25) is 0 Å². The van der Waals surface area contributed by atoms with E-state index in [0.29, 0.717) is 5.69 Å². The van der Waals surface area contributed by atoms with Crippen molar-refractivity contribution in [3.8, 4) is 0 Å². The Hall–Kier alpha value is -3.38. The molecule has 3 aromatic carbocycles. The first-order valence-electron chi connectivity index (χ1n) is 11.8. The Bertz CT molecular complexity index is 1040. The minimum absolute atomic E-state index is 0.101. The van der Waals surface area contributed by atoms with Gasteiger partial charge in [0.05, 0.1) is 11.0 Å². The zero-order valence-electron chi connectivity index (χ0n) is 18.8. The van der Waals surface area contributed by atoms with Gasteiger partial charge in [-0.1, -0.05) is 67.1 Å². The van der Waals surface area contributed by atoms with Crippen molar-refractivity contribution in [1.82, 2.24) is 4.90 Å². The van der Waals surface area contributed by atoms with Crippen molar-refractivity contribution in [1.29, 1.82) is 0 Å². The number of rotatable bonds is 7. The standard InChI is InChI=1S/C27H30N4O2/c32-31(33)26-15-14-24(30-18-16-29(17-19-30)23-12-7-13-23)20-25(26)28-27(21-8-3-1-4-9-21)22-10-5-2-6-11-22/h1-6,8-11,14-15,20,23,27-28H,7,12-13,16-19H2. The molecule has 1 saturated heterocycles. The third-order valence-corrected chi connectivity index (χ3v) is 7.01. The number of piperazine rings is 1. The number of nitro benzene ring substituents is 1. The average molecular weight is 443 g/mol. The second-order valence-electron chi connectivity index (χ2n) is 8.97. The van der Waals surface area contributed by atoms with Gasteiger partial charge in [-0.05, 0) is 36.1 Å². The summed E-state index contributed by atoms with van der Waals surface area (Å²) in [5, 5.41) is 15.4. The van der Waals surface area contributed by atoms with Crippen LogP contribution >= 0.6 is 0 Å². The zero-order valence-corrected chi connectivity index (χ0v) is 18.8. The fourth-order valence-electron chi connectivity index (χ4n) is 4.90. The van der Waals surface area contributed by atoms with Gasteiger partial charge in [-0.25, -0.2) is 0 Å². The minimum Gasteiger partial charge on any atom is -0.369 e. The lowest BCUT2D eigenvalue weighted by molar-refractivity contribution is -0.384. The van der Waals surface area contributed by atoms with Gasteiger partial charge in [0, 0.05) is 44.0 Å². The van der Waals surface area contributed by atoms with Crippen molar-refractivity contribution in [2.45, 2.75) is 31.3 Å². The summed E-state index contributed by atoms with van der Waals surface area (Å²) in [7, 11) is 0. The molecule has 2 aliphatic rings. The van der Waals surface area contributed by atoms with E-state index in [4.69, 9.17) is 0 Å². The van der Waals surface area contributed by atoms with Crippen molar-refractivity contribution in [2.75, 3.05) is 36.4 Å². The molecule has 1 aliphatic carbocycles. The SMILES string of the molecule is O=[N+]([O-])c1ccc(N2CCN(C3CCC3)CC2)cc1NC(c1ccccc1)c1ccccc1. The molecule has 0 aromatic heterocycles. The van der Waals surface area contributed by atoms with Gasteiger partial charge in [-0.2, -0.15) is 0 Å². The van der Waals surface area contributed by atoms with Crippen molar-refractivity contribution in [3.63, 3.8) is 0 Å². The van der Waals surface area contributed by atoms with Crippen molar-refractivity contribution < 1.29 is 4.92 Å². The van der Waals surface area contributed by atoms with Crippen LogP contribution in [0.25, 0.3) is 0 Å². The number of nitrogens with zero attached hydrogens (tertiary/aromatic N) is 3. The molecule has 0 unspecified atom stereocenters. The Balaban J connectivity index is 1.42. The molecule has 1 saturated carbocycles. The van der Waals surface area contributed by atoms with E-state index in [0.717, 1.165) is 49.0 Å². The van der Waals surface area contributed by atoms with Crippen molar-refractivity contribution in [2.24, 2.45) is 0 Å². The van der Waals surface area contributed by atoms with E-state index in [1.807, 2.05) is 48.5 Å².